The van der Waals surface area contributed by atoms with Crippen LogP contribution in [0.4, 0.5) is 0 Å². The average molecular weight is 353 g/mol. The van der Waals surface area contributed by atoms with E-state index in [1.54, 1.807) is 7.11 Å². The van der Waals surface area contributed by atoms with Crippen molar-refractivity contribution in [2.75, 3.05) is 26.7 Å². The van der Waals surface area contributed by atoms with Crippen molar-refractivity contribution in [3.8, 4) is 5.75 Å². The molecule has 1 N–H and O–H groups in total. The summed E-state index contributed by atoms with van der Waals surface area (Å²) in [5, 5.41) is 3.36. The number of carbonyl (C=O) groups excluding carboxylic acids is 1. The molecule has 2 heterocycles. The van der Waals surface area contributed by atoms with E-state index in [1.165, 1.54) is 18.4 Å². The number of amides is 1. The van der Waals surface area contributed by atoms with Gasteiger partial charge in [-0.2, -0.15) is 0 Å². The van der Waals surface area contributed by atoms with Crippen molar-refractivity contribution >= 4 is 18.3 Å². The number of likely N-dealkylation sites (tertiary alicyclic amines) is 1. The van der Waals surface area contributed by atoms with Crippen LogP contribution in [0.15, 0.2) is 24.3 Å². The van der Waals surface area contributed by atoms with Crippen molar-refractivity contribution in [3.05, 3.63) is 29.8 Å². The Morgan fingerprint density at radius 1 is 1.08 bits per heavy atom. The van der Waals surface area contributed by atoms with Crippen LogP contribution in [0.2, 0.25) is 0 Å². The molecule has 0 spiro atoms. The summed E-state index contributed by atoms with van der Waals surface area (Å²) in [6.07, 6.45) is 6.58. The molecule has 2 fully saturated rings. The van der Waals surface area contributed by atoms with Crippen LogP contribution >= 0.6 is 12.4 Å². The highest BCUT2D eigenvalue weighted by Crippen LogP contribution is 2.33. The molecule has 1 aromatic rings. The molecule has 0 bridgehead atoms. The molecular formula is C19H29ClN2O2. The van der Waals surface area contributed by atoms with E-state index in [0.717, 1.165) is 51.1 Å². The van der Waals surface area contributed by atoms with Crippen LogP contribution in [0.1, 0.15) is 50.1 Å². The summed E-state index contributed by atoms with van der Waals surface area (Å²) < 4.78 is 5.26. The first-order valence-electron chi connectivity index (χ1n) is 8.95. The highest BCUT2D eigenvalue weighted by atomic mass is 35.5. The molecule has 1 atom stereocenters. The molecule has 1 unspecified atom stereocenters. The number of nitrogens with one attached hydrogen (secondary N) is 1. The summed E-state index contributed by atoms with van der Waals surface area (Å²) in [5.74, 6) is 1.45. The van der Waals surface area contributed by atoms with Gasteiger partial charge >= 0.3 is 0 Å². The summed E-state index contributed by atoms with van der Waals surface area (Å²) in [5.41, 5.74) is 1.25. The molecule has 0 aliphatic carbocycles. The third-order valence-corrected chi connectivity index (χ3v) is 5.22. The number of methoxy groups -OCH3 is 1. The highest BCUT2D eigenvalue weighted by molar-refractivity contribution is 5.85. The van der Waals surface area contributed by atoms with Gasteiger partial charge in [-0.15, -0.1) is 12.4 Å². The monoisotopic (exact) mass is 352 g/mol. The van der Waals surface area contributed by atoms with E-state index in [9.17, 15) is 4.79 Å². The average Bonchev–Trinajstić information content (AvgIpc) is 2.88. The second-order valence-corrected chi connectivity index (χ2v) is 6.69. The standard InChI is InChI=1S/C19H28N2O2.ClH/c1-23-17-8-6-15(7-9-17)18-5-3-2-4-14-21(18)19(22)16-10-12-20-13-11-16;/h6-9,16,18,20H,2-5,10-14H2,1H3;1H. The first-order valence-corrected chi connectivity index (χ1v) is 8.95. The number of piperidine rings is 1. The van der Waals surface area contributed by atoms with Crippen molar-refractivity contribution in [1.82, 2.24) is 10.2 Å². The zero-order valence-corrected chi connectivity index (χ0v) is 15.3. The van der Waals surface area contributed by atoms with E-state index in [4.69, 9.17) is 4.74 Å². The maximum atomic E-state index is 13.1. The molecule has 4 nitrogen and oxygen atoms in total. The lowest BCUT2D eigenvalue weighted by molar-refractivity contribution is -0.138. The number of benzene rings is 1. The molecule has 2 aliphatic rings. The Morgan fingerprint density at radius 3 is 2.46 bits per heavy atom. The van der Waals surface area contributed by atoms with Crippen LogP contribution in [0.25, 0.3) is 0 Å². The third kappa shape index (κ3) is 4.42. The number of nitrogens with zero attached hydrogens (tertiary/aromatic N) is 1. The minimum atomic E-state index is 0. The molecule has 0 aromatic heterocycles. The molecule has 0 saturated carbocycles. The van der Waals surface area contributed by atoms with E-state index in [0.29, 0.717) is 5.91 Å². The molecular weight excluding hydrogens is 324 g/mol. The second-order valence-electron chi connectivity index (χ2n) is 6.69. The largest absolute Gasteiger partial charge is 0.497 e. The summed E-state index contributed by atoms with van der Waals surface area (Å²) in [6, 6.07) is 8.49. The predicted octanol–water partition coefficient (Wildman–Crippen LogP) is 3.56. The van der Waals surface area contributed by atoms with Gasteiger partial charge in [0.05, 0.1) is 13.2 Å². The first-order chi connectivity index (χ1) is 11.3. The van der Waals surface area contributed by atoms with Gasteiger partial charge in [0.15, 0.2) is 0 Å². The Balaban J connectivity index is 0.00000208. The fourth-order valence-electron chi connectivity index (χ4n) is 3.85. The van der Waals surface area contributed by atoms with Gasteiger partial charge in [-0.3, -0.25) is 4.79 Å². The number of hydrogen-bond acceptors (Lipinski definition) is 3. The molecule has 3 rings (SSSR count). The third-order valence-electron chi connectivity index (χ3n) is 5.22. The van der Waals surface area contributed by atoms with Crippen LogP contribution in [0.3, 0.4) is 0 Å². The van der Waals surface area contributed by atoms with Crippen molar-refractivity contribution in [2.24, 2.45) is 5.92 Å². The van der Waals surface area contributed by atoms with Gasteiger partial charge in [0.25, 0.3) is 0 Å². The van der Waals surface area contributed by atoms with Gasteiger partial charge in [0, 0.05) is 12.5 Å². The van der Waals surface area contributed by atoms with Crippen LogP contribution in [0.5, 0.6) is 5.75 Å². The van der Waals surface area contributed by atoms with Crippen LogP contribution in [0, 0.1) is 5.92 Å². The van der Waals surface area contributed by atoms with Gasteiger partial charge in [-0.25, -0.2) is 0 Å². The smallest absolute Gasteiger partial charge is 0.226 e. The molecule has 1 amide bonds. The molecule has 24 heavy (non-hydrogen) atoms. The van der Waals surface area contributed by atoms with Gasteiger partial charge in [0.2, 0.25) is 5.91 Å². The quantitative estimate of drug-likeness (QED) is 0.904. The number of halogens is 1. The molecule has 0 radical (unpaired) electrons. The fraction of sp³-hybridized carbons (Fsp3) is 0.632. The Kier molecular flexibility index (Phi) is 7.38. The lowest BCUT2D eigenvalue weighted by Gasteiger charge is -2.35. The van der Waals surface area contributed by atoms with Crippen molar-refractivity contribution in [3.63, 3.8) is 0 Å². The van der Waals surface area contributed by atoms with Gasteiger partial charge in [0.1, 0.15) is 5.75 Å². The fourth-order valence-corrected chi connectivity index (χ4v) is 3.85. The molecule has 134 valence electrons. The highest BCUT2D eigenvalue weighted by Gasteiger charge is 2.32. The second kappa shape index (κ2) is 9.28. The molecule has 1 aromatic carbocycles. The van der Waals surface area contributed by atoms with Crippen LogP contribution in [-0.4, -0.2) is 37.6 Å². The van der Waals surface area contributed by atoms with E-state index in [2.05, 4.69) is 22.3 Å². The van der Waals surface area contributed by atoms with E-state index in [-0.39, 0.29) is 24.4 Å². The minimum Gasteiger partial charge on any atom is -0.497 e. The summed E-state index contributed by atoms with van der Waals surface area (Å²) >= 11 is 0. The molecule has 2 saturated heterocycles. The molecule has 2 aliphatic heterocycles. The van der Waals surface area contributed by atoms with E-state index in [1.807, 2.05) is 12.1 Å². The topological polar surface area (TPSA) is 41.6 Å². The van der Waals surface area contributed by atoms with Crippen molar-refractivity contribution in [1.29, 1.82) is 0 Å². The van der Waals surface area contributed by atoms with Gasteiger partial charge in [-0.05, 0) is 56.5 Å². The maximum Gasteiger partial charge on any atom is 0.226 e. The van der Waals surface area contributed by atoms with E-state index < -0.39 is 0 Å². The lowest BCUT2D eigenvalue weighted by Crippen LogP contribution is -2.42. The lowest BCUT2D eigenvalue weighted by atomic mass is 9.94. The summed E-state index contributed by atoms with van der Waals surface area (Å²) in [6.45, 7) is 2.84. The first kappa shape index (κ1) is 19.1. The van der Waals surface area contributed by atoms with Crippen molar-refractivity contribution < 1.29 is 9.53 Å². The summed E-state index contributed by atoms with van der Waals surface area (Å²) in [4.78, 5) is 15.3. The Labute approximate surface area is 151 Å². The van der Waals surface area contributed by atoms with Crippen LogP contribution in [-0.2, 0) is 4.79 Å². The molecule has 5 heteroatoms. The Morgan fingerprint density at radius 2 is 1.79 bits per heavy atom. The van der Waals surface area contributed by atoms with Crippen LogP contribution < -0.4 is 10.1 Å². The number of hydrogen-bond donors (Lipinski definition) is 1. The van der Waals surface area contributed by atoms with Crippen molar-refractivity contribution in [2.45, 2.75) is 44.6 Å². The number of carbonyl (C=O) groups is 1. The Hall–Kier alpha value is -1.26. The normalized spacial score (nSPS) is 22.4. The zero-order chi connectivity index (χ0) is 16.1. The number of ether oxygens (including phenoxy) is 1. The zero-order valence-electron chi connectivity index (χ0n) is 14.5. The van der Waals surface area contributed by atoms with E-state index >= 15 is 0 Å². The SMILES string of the molecule is COc1ccc(C2CCCCCN2C(=O)C2CCNCC2)cc1.Cl. The summed E-state index contributed by atoms with van der Waals surface area (Å²) in [7, 11) is 1.69. The predicted molar refractivity (Wildman–Crippen MR) is 98.8 cm³/mol. The number of rotatable bonds is 3. The Bertz CT molecular complexity index is 515. The van der Waals surface area contributed by atoms with Gasteiger partial charge < -0.3 is 15.0 Å². The van der Waals surface area contributed by atoms with Gasteiger partial charge in [-0.1, -0.05) is 25.0 Å². The minimum absolute atomic E-state index is 0. The maximum absolute atomic E-state index is 13.1.